The van der Waals surface area contributed by atoms with Crippen LogP contribution in [0.4, 0.5) is 0 Å². The first-order valence-corrected chi connectivity index (χ1v) is 7.12. The van der Waals surface area contributed by atoms with Crippen molar-refractivity contribution in [3.8, 4) is 11.8 Å². The van der Waals surface area contributed by atoms with Crippen LogP contribution in [0.1, 0.15) is 39.2 Å². The standard InChI is InChI=1S/C18H22N2O2/c1-14(9-10-15-7-5-4-6-8-15)13-16(19)11-12-18(2,3)17(21)20-22/h4-8,13,19,22H,11-12H2,1-3H3,(H,20,21)/b14-13+,19-16?. The highest BCUT2D eigenvalue weighted by atomic mass is 16.5. The first kappa shape index (κ1) is 17.7. The number of amides is 1. The molecule has 4 nitrogen and oxygen atoms in total. The number of hydroxylamine groups is 1. The maximum atomic E-state index is 11.5. The fourth-order valence-corrected chi connectivity index (χ4v) is 1.77. The average Bonchev–Trinajstić information content (AvgIpc) is 2.51. The zero-order chi connectivity index (χ0) is 16.6. The van der Waals surface area contributed by atoms with Crippen molar-refractivity contribution in [3.05, 3.63) is 47.5 Å². The van der Waals surface area contributed by atoms with E-state index in [2.05, 4.69) is 11.8 Å². The molecule has 1 aromatic carbocycles. The Morgan fingerprint density at radius 3 is 2.59 bits per heavy atom. The van der Waals surface area contributed by atoms with E-state index in [4.69, 9.17) is 10.6 Å². The zero-order valence-electron chi connectivity index (χ0n) is 13.2. The fourth-order valence-electron chi connectivity index (χ4n) is 1.77. The summed E-state index contributed by atoms with van der Waals surface area (Å²) in [6.45, 7) is 5.32. The predicted molar refractivity (Wildman–Crippen MR) is 87.7 cm³/mol. The fraction of sp³-hybridized carbons (Fsp3) is 0.333. The van der Waals surface area contributed by atoms with E-state index < -0.39 is 11.3 Å². The van der Waals surface area contributed by atoms with Gasteiger partial charge in [0.05, 0.1) is 0 Å². The number of hydrogen-bond acceptors (Lipinski definition) is 3. The van der Waals surface area contributed by atoms with E-state index in [0.29, 0.717) is 18.6 Å². The van der Waals surface area contributed by atoms with E-state index in [1.165, 1.54) is 0 Å². The number of allylic oxidation sites excluding steroid dienone is 2. The zero-order valence-corrected chi connectivity index (χ0v) is 13.2. The van der Waals surface area contributed by atoms with Crippen molar-refractivity contribution >= 4 is 11.6 Å². The van der Waals surface area contributed by atoms with Gasteiger partial charge in [0.2, 0.25) is 5.91 Å². The Morgan fingerprint density at radius 2 is 2.00 bits per heavy atom. The predicted octanol–water partition coefficient (Wildman–Crippen LogP) is 3.32. The molecule has 0 aliphatic rings. The molecule has 0 bridgehead atoms. The third kappa shape index (κ3) is 5.94. The second-order valence-corrected chi connectivity index (χ2v) is 5.79. The normalized spacial score (nSPS) is 11.4. The Labute approximate surface area is 131 Å². The smallest absolute Gasteiger partial charge is 0.248 e. The van der Waals surface area contributed by atoms with Crippen LogP contribution in [0.25, 0.3) is 0 Å². The summed E-state index contributed by atoms with van der Waals surface area (Å²) in [4.78, 5) is 11.5. The van der Waals surface area contributed by atoms with E-state index >= 15 is 0 Å². The molecule has 3 N–H and O–H groups in total. The van der Waals surface area contributed by atoms with Crippen LogP contribution in [0.2, 0.25) is 0 Å². The summed E-state index contributed by atoms with van der Waals surface area (Å²) in [5, 5.41) is 16.6. The molecule has 0 aliphatic heterocycles. The van der Waals surface area contributed by atoms with Crippen LogP contribution in [0.15, 0.2) is 42.0 Å². The summed E-state index contributed by atoms with van der Waals surface area (Å²) >= 11 is 0. The molecule has 0 radical (unpaired) electrons. The number of carbonyl (C=O) groups is 1. The molecule has 0 saturated heterocycles. The molecule has 0 heterocycles. The Morgan fingerprint density at radius 1 is 1.36 bits per heavy atom. The van der Waals surface area contributed by atoms with E-state index in [9.17, 15) is 4.79 Å². The Kier molecular flexibility index (Phi) is 6.55. The van der Waals surface area contributed by atoms with Gasteiger partial charge in [-0.2, -0.15) is 0 Å². The molecule has 1 amide bonds. The third-order valence-electron chi connectivity index (χ3n) is 3.30. The van der Waals surface area contributed by atoms with Crippen LogP contribution < -0.4 is 5.48 Å². The number of rotatable bonds is 5. The largest absolute Gasteiger partial charge is 0.305 e. The summed E-state index contributed by atoms with van der Waals surface area (Å²) in [6, 6.07) is 9.66. The number of benzene rings is 1. The molecule has 0 unspecified atom stereocenters. The summed E-state index contributed by atoms with van der Waals surface area (Å²) in [5.41, 5.74) is 3.10. The van der Waals surface area contributed by atoms with E-state index in [1.54, 1.807) is 25.4 Å². The van der Waals surface area contributed by atoms with Crippen LogP contribution in [0.3, 0.4) is 0 Å². The molecular formula is C18H22N2O2. The molecule has 1 rings (SSSR count). The van der Waals surface area contributed by atoms with Crippen molar-refractivity contribution < 1.29 is 10.0 Å². The highest BCUT2D eigenvalue weighted by Gasteiger charge is 2.26. The van der Waals surface area contributed by atoms with Crippen LogP contribution in [-0.4, -0.2) is 16.8 Å². The molecule has 0 aliphatic carbocycles. The first-order chi connectivity index (χ1) is 10.3. The molecule has 116 valence electrons. The highest BCUT2D eigenvalue weighted by Crippen LogP contribution is 2.22. The van der Waals surface area contributed by atoms with Gasteiger partial charge in [0.25, 0.3) is 0 Å². The van der Waals surface area contributed by atoms with Crippen LogP contribution >= 0.6 is 0 Å². The molecule has 0 fully saturated rings. The van der Waals surface area contributed by atoms with Gasteiger partial charge in [0.1, 0.15) is 0 Å². The Hall–Kier alpha value is -2.38. The molecule has 0 atom stereocenters. The second kappa shape index (κ2) is 8.16. The third-order valence-corrected chi connectivity index (χ3v) is 3.30. The number of hydrogen-bond donors (Lipinski definition) is 3. The quantitative estimate of drug-likeness (QED) is 0.338. The van der Waals surface area contributed by atoms with Crippen molar-refractivity contribution in [2.45, 2.75) is 33.6 Å². The van der Waals surface area contributed by atoms with Gasteiger partial charge in [-0.05, 0) is 38.0 Å². The SMILES string of the molecule is C/C(C#Cc1ccccc1)=C\C(=N)CCC(C)(C)C(=O)NO. The molecule has 0 spiro atoms. The van der Waals surface area contributed by atoms with Gasteiger partial charge in [-0.25, -0.2) is 5.48 Å². The molecule has 22 heavy (non-hydrogen) atoms. The van der Waals surface area contributed by atoms with Gasteiger partial charge in [0.15, 0.2) is 0 Å². The average molecular weight is 298 g/mol. The van der Waals surface area contributed by atoms with Crippen LogP contribution in [-0.2, 0) is 4.79 Å². The van der Waals surface area contributed by atoms with Crippen molar-refractivity contribution in [3.63, 3.8) is 0 Å². The molecule has 4 heteroatoms. The summed E-state index contributed by atoms with van der Waals surface area (Å²) in [6.07, 6.45) is 2.64. The minimum atomic E-state index is -0.710. The molecular weight excluding hydrogens is 276 g/mol. The maximum absolute atomic E-state index is 11.5. The second-order valence-electron chi connectivity index (χ2n) is 5.79. The van der Waals surface area contributed by atoms with Crippen molar-refractivity contribution in [2.24, 2.45) is 5.41 Å². The lowest BCUT2D eigenvalue weighted by atomic mass is 9.86. The van der Waals surface area contributed by atoms with Gasteiger partial charge in [-0.15, -0.1) is 0 Å². The Bertz CT molecular complexity index is 619. The summed E-state index contributed by atoms with van der Waals surface area (Å²) in [7, 11) is 0. The van der Waals surface area contributed by atoms with E-state index in [1.807, 2.05) is 37.3 Å². The molecule has 0 saturated carbocycles. The lowest BCUT2D eigenvalue weighted by Crippen LogP contribution is -2.35. The van der Waals surface area contributed by atoms with Crippen molar-refractivity contribution in [1.29, 1.82) is 5.41 Å². The topological polar surface area (TPSA) is 73.2 Å². The van der Waals surface area contributed by atoms with Gasteiger partial charge in [-0.1, -0.05) is 43.9 Å². The highest BCUT2D eigenvalue weighted by molar-refractivity contribution is 5.94. The van der Waals surface area contributed by atoms with Gasteiger partial charge in [0, 0.05) is 22.3 Å². The maximum Gasteiger partial charge on any atom is 0.248 e. The van der Waals surface area contributed by atoms with Gasteiger partial charge < -0.3 is 5.41 Å². The minimum absolute atomic E-state index is 0.415. The van der Waals surface area contributed by atoms with Crippen molar-refractivity contribution in [2.75, 3.05) is 0 Å². The van der Waals surface area contributed by atoms with E-state index in [0.717, 1.165) is 11.1 Å². The van der Waals surface area contributed by atoms with Gasteiger partial charge in [-0.3, -0.25) is 10.0 Å². The van der Waals surface area contributed by atoms with Crippen molar-refractivity contribution in [1.82, 2.24) is 5.48 Å². The number of nitrogens with one attached hydrogen (secondary N) is 2. The molecule has 0 aromatic heterocycles. The van der Waals surface area contributed by atoms with Gasteiger partial charge >= 0.3 is 0 Å². The summed E-state index contributed by atoms with van der Waals surface area (Å²) < 4.78 is 0. The molecule has 1 aromatic rings. The lowest BCUT2D eigenvalue weighted by Gasteiger charge is -2.21. The lowest BCUT2D eigenvalue weighted by molar-refractivity contribution is -0.138. The first-order valence-electron chi connectivity index (χ1n) is 7.12. The minimum Gasteiger partial charge on any atom is -0.305 e. The van der Waals surface area contributed by atoms with Crippen LogP contribution in [0, 0.1) is 22.7 Å². The Balaban J connectivity index is 2.60. The monoisotopic (exact) mass is 298 g/mol. The van der Waals surface area contributed by atoms with E-state index in [-0.39, 0.29) is 0 Å². The number of carbonyl (C=O) groups excluding carboxylic acids is 1. The van der Waals surface area contributed by atoms with Crippen LogP contribution in [0.5, 0.6) is 0 Å². The summed E-state index contributed by atoms with van der Waals surface area (Å²) in [5.74, 6) is 5.61.